The van der Waals surface area contributed by atoms with Gasteiger partial charge in [0, 0.05) is 0 Å². The van der Waals surface area contributed by atoms with Crippen molar-refractivity contribution in [3.63, 3.8) is 0 Å². The summed E-state index contributed by atoms with van der Waals surface area (Å²) < 4.78 is 0. The van der Waals surface area contributed by atoms with Gasteiger partial charge in [-0.1, -0.05) is 92.3 Å². The van der Waals surface area contributed by atoms with Gasteiger partial charge in [-0.2, -0.15) is 0 Å². The third-order valence-corrected chi connectivity index (χ3v) is 7.13. The zero-order valence-corrected chi connectivity index (χ0v) is 18.4. The van der Waals surface area contributed by atoms with Crippen LogP contribution in [0.5, 0.6) is 0 Å². The van der Waals surface area contributed by atoms with Gasteiger partial charge in [-0.3, -0.25) is 0 Å². The first-order chi connectivity index (χ1) is 13.7. The van der Waals surface area contributed by atoms with Crippen LogP contribution in [0.15, 0.2) is 48.5 Å². The highest BCUT2D eigenvalue weighted by molar-refractivity contribution is 5.25. The molecule has 0 bridgehead atoms. The first-order valence-electron chi connectivity index (χ1n) is 11.8. The molecule has 152 valence electrons. The first-order valence-corrected chi connectivity index (χ1v) is 11.8. The molecule has 0 radical (unpaired) electrons. The lowest BCUT2D eigenvalue weighted by Gasteiger charge is -2.28. The molecule has 0 unspecified atom stereocenters. The molecule has 2 aliphatic carbocycles. The zero-order valence-electron chi connectivity index (χ0n) is 18.4. The van der Waals surface area contributed by atoms with Crippen molar-refractivity contribution in [3.8, 4) is 0 Å². The second-order valence-corrected chi connectivity index (χ2v) is 9.28. The summed E-state index contributed by atoms with van der Waals surface area (Å²) in [7, 11) is 0. The number of hydrogen-bond donors (Lipinski definition) is 0. The predicted octanol–water partition coefficient (Wildman–Crippen LogP) is 8.72. The number of aryl methyl sites for hydroxylation is 2. The second-order valence-electron chi connectivity index (χ2n) is 9.28. The Bertz CT molecular complexity index is 665. The van der Waals surface area contributed by atoms with Crippen molar-refractivity contribution in [3.05, 3.63) is 70.8 Å². The molecule has 0 heteroatoms. The van der Waals surface area contributed by atoms with Crippen LogP contribution in [0.1, 0.15) is 105 Å². The Kier molecular flexibility index (Phi) is 8.19. The van der Waals surface area contributed by atoms with Crippen LogP contribution < -0.4 is 0 Å². The lowest BCUT2D eigenvalue weighted by Crippen LogP contribution is -2.12. The molecule has 0 atom stereocenters. The molecule has 0 amide bonds. The molecule has 0 N–H and O–H groups in total. The van der Waals surface area contributed by atoms with E-state index in [1.165, 1.54) is 75.3 Å². The van der Waals surface area contributed by atoms with Crippen molar-refractivity contribution in [2.75, 3.05) is 0 Å². The molecule has 2 fully saturated rings. The SMILES string of the molecule is CCC1CCC(c2ccc(C)cc2)CC1.Cc1ccc(C2CCCCC2)cc1. The standard InChI is InChI=1S/C15H22.C13H18/c1-3-13-6-10-15(11-7-13)14-8-4-12(2)5-9-14;1-11-7-9-13(10-8-11)12-5-3-2-4-6-12/h4-5,8-9,13,15H,3,6-7,10-11H2,1-2H3;7-10,12H,2-6H2,1H3. The van der Waals surface area contributed by atoms with Crippen molar-refractivity contribution >= 4 is 0 Å². The van der Waals surface area contributed by atoms with Gasteiger partial charge in [-0.25, -0.2) is 0 Å². The van der Waals surface area contributed by atoms with Crippen LogP contribution in [0.3, 0.4) is 0 Å². The van der Waals surface area contributed by atoms with E-state index in [9.17, 15) is 0 Å². The molecule has 0 aromatic heterocycles. The van der Waals surface area contributed by atoms with Gasteiger partial charge in [-0.05, 0) is 81.3 Å². The van der Waals surface area contributed by atoms with Gasteiger partial charge in [0.25, 0.3) is 0 Å². The van der Waals surface area contributed by atoms with Crippen LogP contribution in [0, 0.1) is 19.8 Å². The minimum absolute atomic E-state index is 0.841. The van der Waals surface area contributed by atoms with Crippen molar-refractivity contribution in [2.24, 2.45) is 5.92 Å². The first kappa shape index (κ1) is 21.2. The summed E-state index contributed by atoms with van der Waals surface area (Å²) in [6, 6.07) is 18.3. The largest absolute Gasteiger partial charge is 0.0651 e. The Morgan fingerprint density at radius 1 is 0.571 bits per heavy atom. The molecule has 2 aromatic carbocycles. The average Bonchev–Trinajstić information content (AvgIpc) is 2.76. The average molecular weight is 377 g/mol. The Labute approximate surface area is 173 Å². The van der Waals surface area contributed by atoms with Crippen molar-refractivity contribution in [1.82, 2.24) is 0 Å². The van der Waals surface area contributed by atoms with Gasteiger partial charge >= 0.3 is 0 Å². The van der Waals surface area contributed by atoms with Crippen molar-refractivity contribution < 1.29 is 0 Å². The second kappa shape index (κ2) is 10.8. The fourth-order valence-electron chi connectivity index (χ4n) is 5.02. The van der Waals surface area contributed by atoms with Crippen LogP contribution in [0.2, 0.25) is 0 Å². The molecule has 2 aliphatic rings. The van der Waals surface area contributed by atoms with Crippen LogP contribution in [-0.2, 0) is 0 Å². The smallest absolute Gasteiger partial charge is 0.0162 e. The van der Waals surface area contributed by atoms with E-state index >= 15 is 0 Å². The summed E-state index contributed by atoms with van der Waals surface area (Å²) in [5.74, 6) is 2.70. The molecule has 28 heavy (non-hydrogen) atoms. The zero-order chi connectivity index (χ0) is 19.8. The molecule has 4 rings (SSSR count). The Morgan fingerprint density at radius 3 is 1.43 bits per heavy atom. The molecular weight excluding hydrogens is 336 g/mol. The molecule has 2 saturated carbocycles. The summed E-state index contributed by atoms with van der Waals surface area (Å²) in [5.41, 5.74) is 5.88. The lowest BCUT2D eigenvalue weighted by molar-refractivity contribution is 0.319. The fourth-order valence-corrected chi connectivity index (χ4v) is 5.02. The number of hydrogen-bond acceptors (Lipinski definition) is 0. The van der Waals surface area contributed by atoms with Gasteiger partial charge in [0.1, 0.15) is 0 Å². The Morgan fingerprint density at radius 2 is 1.00 bits per heavy atom. The molecular formula is C28H40. The summed E-state index contributed by atoms with van der Waals surface area (Å²) in [5, 5.41) is 0. The molecule has 0 aliphatic heterocycles. The third-order valence-electron chi connectivity index (χ3n) is 7.13. The van der Waals surface area contributed by atoms with Crippen molar-refractivity contribution in [2.45, 2.75) is 96.8 Å². The Hall–Kier alpha value is -1.56. The minimum atomic E-state index is 0.841. The van der Waals surface area contributed by atoms with E-state index in [0.717, 1.165) is 17.8 Å². The minimum Gasteiger partial charge on any atom is -0.0651 e. The van der Waals surface area contributed by atoms with Crippen LogP contribution in [0.4, 0.5) is 0 Å². The summed E-state index contributed by atoms with van der Waals surface area (Å²) in [4.78, 5) is 0. The van der Waals surface area contributed by atoms with Gasteiger partial charge in [-0.15, -0.1) is 0 Å². The molecule has 0 nitrogen and oxygen atoms in total. The van der Waals surface area contributed by atoms with E-state index in [-0.39, 0.29) is 0 Å². The highest BCUT2D eigenvalue weighted by atomic mass is 14.3. The van der Waals surface area contributed by atoms with E-state index in [1.807, 2.05) is 0 Å². The van der Waals surface area contributed by atoms with Crippen LogP contribution >= 0.6 is 0 Å². The fraction of sp³-hybridized carbons (Fsp3) is 0.571. The molecule has 0 saturated heterocycles. The third kappa shape index (κ3) is 6.23. The maximum atomic E-state index is 2.33. The highest BCUT2D eigenvalue weighted by Gasteiger charge is 2.20. The monoisotopic (exact) mass is 376 g/mol. The van der Waals surface area contributed by atoms with Gasteiger partial charge in [0.15, 0.2) is 0 Å². The van der Waals surface area contributed by atoms with Crippen LogP contribution in [0.25, 0.3) is 0 Å². The topological polar surface area (TPSA) is 0 Å². The summed E-state index contributed by atoms with van der Waals surface area (Å²) in [6.07, 6.45) is 14.2. The summed E-state index contributed by atoms with van der Waals surface area (Å²) >= 11 is 0. The number of rotatable bonds is 3. The van der Waals surface area contributed by atoms with Gasteiger partial charge in [0.05, 0.1) is 0 Å². The predicted molar refractivity (Wildman–Crippen MR) is 123 cm³/mol. The summed E-state index contributed by atoms with van der Waals surface area (Å²) in [6.45, 7) is 6.65. The van der Waals surface area contributed by atoms with E-state index in [2.05, 4.69) is 69.3 Å². The van der Waals surface area contributed by atoms with E-state index in [0.29, 0.717) is 0 Å². The lowest BCUT2D eigenvalue weighted by atomic mass is 9.78. The van der Waals surface area contributed by atoms with E-state index in [1.54, 1.807) is 11.1 Å². The highest BCUT2D eigenvalue weighted by Crippen LogP contribution is 2.37. The molecule has 0 spiro atoms. The number of benzene rings is 2. The van der Waals surface area contributed by atoms with Crippen LogP contribution in [-0.4, -0.2) is 0 Å². The van der Waals surface area contributed by atoms with E-state index < -0.39 is 0 Å². The maximum absolute atomic E-state index is 2.33. The van der Waals surface area contributed by atoms with E-state index in [4.69, 9.17) is 0 Å². The van der Waals surface area contributed by atoms with Gasteiger partial charge < -0.3 is 0 Å². The van der Waals surface area contributed by atoms with Crippen molar-refractivity contribution in [1.29, 1.82) is 0 Å². The Balaban J connectivity index is 0.000000162. The normalized spacial score (nSPS) is 23.0. The molecule has 2 aromatic rings. The quantitative estimate of drug-likeness (QED) is 0.502. The van der Waals surface area contributed by atoms with Gasteiger partial charge in [0.2, 0.25) is 0 Å². The maximum Gasteiger partial charge on any atom is -0.0162 e. The molecule has 0 heterocycles.